The highest BCUT2D eigenvalue weighted by Gasteiger charge is 2.07. The zero-order valence-electron chi connectivity index (χ0n) is 7.27. The van der Waals surface area contributed by atoms with E-state index < -0.39 is 0 Å². The number of rotatable bonds is 2. The summed E-state index contributed by atoms with van der Waals surface area (Å²) < 4.78 is 0. The molecule has 0 amide bonds. The van der Waals surface area contributed by atoms with Crippen LogP contribution >= 0.6 is 12.2 Å². The van der Waals surface area contributed by atoms with E-state index in [-0.39, 0.29) is 5.88 Å². The minimum Gasteiger partial charge on any atom is -0.493 e. The molecule has 2 N–H and O–H groups in total. The Bertz CT molecular complexity index is 450. The van der Waals surface area contributed by atoms with E-state index in [9.17, 15) is 0 Å². The highest BCUT2D eigenvalue weighted by atomic mass is 32.1. The van der Waals surface area contributed by atoms with Gasteiger partial charge in [0.1, 0.15) is 0 Å². The highest BCUT2D eigenvalue weighted by Crippen LogP contribution is 2.10. The van der Waals surface area contributed by atoms with E-state index in [1.807, 2.05) is 30.3 Å². The van der Waals surface area contributed by atoms with Crippen molar-refractivity contribution in [3.63, 3.8) is 0 Å². The average molecular weight is 204 g/mol. The van der Waals surface area contributed by atoms with Crippen molar-refractivity contribution in [1.82, 2.24) is 9.97 Å². The van der Waals surface area contributed by atoms with Crippen LogP contribution in [0.4, 0.5) is 0 Å². The summed E-state index contributed by atoms with van der Waals surface area (Å²) in [6, 6.07) is 9.55. The molecule has 0 unspecified atom stereocenters. The Hall–Kier alpha value is -1.68. The van der Waals surface area contributed by atoms with E-state index in [1.54, 1.807) is 0 Å². The number of hydrogen-bond donors (Lipinski definition) is 2. The Morgan fingerprint density at radius 1 is 1.29 bits per heavy atom. The van der Waals surface area contributed by atoms with Crippen LogP contribution in [0.15, 0.2) is 36.5 Å². The number of imidazole rings is 1. The molecule has 3 nitrogen and oxygen atoms in total. The normalized spacial score (nSPS) is 10.0. The van der Waals surface area contributed by atoms with Gasteiger partial charge in [0, 0.05) is 0 Å². The molecule has 4 heteroatoms. The Labute approximate surface area is 86.4 Å². The van der Waals surface area contributed by atoms with Crippen LogP contribution in [0.3, 0.4) is 0 Å². The molecule has 0 saturated heterocycles. The predicted octanol–water partition coefficient (Wildman–Crippen LogP) is 1.88. The van der Waals surface area contributed by atoms with Gasteiger partial charge in [-0.25, -0.2) is 4.98 Å². The number of aromatic amines is 1. The number of hydrogen-bond acceptors (Lipinski definition) is 3. The van der Waals surface area contributed by atoms with Crippen molar-refractivity contribution in [3.05, 3.63) is 47.9 Å². The number of aromatic nitrogens is 2. The molecule has 0 radical (unpaired) electrons. The van der Waals surface area contributed by atoms with Gasteiger partial charge in [-0.2, -0.15) is 0 Å². The molecular weight excluding hydrogens is 196 g/mol. The summed E-state index contributed by atoms with van der Waals surface area (Å²) in [6.45, 7) is 0. The van der Waals surface area contributed by atoms with Crippen LogP contribution in [0.25, 0.3) is 0 Å². The molecule has 0 fully saturated rings. The lowest BCUT2D eigenvalue weighted by atomic mass is 10.1. The van der Waals surface area contributed by atoms with Crippen LogP contribution in [-0.4, -0.2) is 19.9 Å². The molecule has 0 aliphatic carbocycles. The SMILES string of the molecule is Oc1cnc(C(=S)c2ccccc2)[nH]1. The predicted molar refractivity (Wildman–Crippen MR) is 57.5 cm³/mol. The fourth-order valence-corrected chi connectivity index (χ4v) is 1.39. The van der Waals surface area contributed by atoms with Gasteiger partial charge in [-0.3, -0.25) is 0 Å². The first-order valence-corrected chi connectivity index (χ1v) is 4.52. The molecule has 0 saturated carbocycles. The molecule has 2 aromatic rings. The second kappa shape index (κ2) is 3.59. The molecule has 1 aromatic carbocycles. The smallest absolute Gasteiger partial charge is 0.208 e. The standard InChI is InChI=1S/C10H8N2OS/c13-8-6-11-10(12-8)9(14)7-4-2-1-3-5-7/h1-6,13H,(H,11,12). The lowest BCUT2D eigenvalue weighted by molar-refractivity contribution is 0.456. The van der Waals surface area contributed by atoms with Crippen LogP contribution in [0.5, 0.6) is 5.88 Å². The van der Waals surface area contributed by atoms with Crippen molar-refractivity contribution < 1.29 is 5.11 Å². The van der Waals surface area contributed by atoms with Crippen molar-refractivity contribution in [2.24, 2.45) is 0 Å². The van der Waals surface area contributed by atoms with Crippen molar-refractivity contribution >= 4 is 17.1 Å². The third-order valence-electron chi connectivity index (χ3n) is 1.81. The number of thiocarbonyl (C=S) groups is 1. The number of aromatic hydroxyl groups is 1. The summed E-state index contributed by atoms with van der Waals surface area (Å²) in [5, 5.41) is 9.07. The highest BCUT2D eigenvalue weighted by molar-refractivity contribution is 7.81. The zero-order valence-corrected chi connectivity index (χ0v) is 8.08. The van der Waals surface area contributed by atoms with E-state index in [0.717, 1.165) is 5.56 Å². The average Bonchev–Trinajstić information content (AvgIpc) is 2.65. The van der Waals surface area contributed by atoms with Gasteiger partial charge < -0.3 is 10.1 Å². The number of benzene rings is 1. The van der Waals surface area contributed by atoms with Crippen LogP contribution in [-0.2, 0) is 0 Å². The van der Waals surface area contributed by atoms with E-state index >= 15 is 0 Å². The molecular formula is C10H8N2OS. The molecule has 0 spiro atoms. The second-order valence-electron chi connectivity index (χ2n) is 2.81. The minimum absolute atomic E-state index is 0.0262. The van der Waals surface area contributed by atoms with E-state index in [4.69, 9.17) is 17.3 Å². The van der Waals surface area contributed by atoms with Gasteiger partial charge in [-0.05, 0) is 5.56 Å². The van der Waals surface area contributed by atoms with Crippen LogP contribution in [0.2, 0.25) is 0 Å². The van der Waals surface area contributed by atoms with Gasteiger partial charge >= 0.3 is 0 Å². The summed E-state index contributed by atoms with van der Waals surface area (Å²) in [4.78, 5) is 7.23. The zero-order chi connectivity index (χ0) is 9.97. The van der Waals surface area contributed by atoms with E-state index in [1.165, 1.54) is 6.20 Å². The van der Waals surface area contributed by atoms with E-state index in [0.29, 0.717) is 10.7 Å². The topological polar surface area (TPSA) is 48.9 Å². The lowest BCUT2D eigenvalue weighted by Gasteiger charge is -1.98. The van der Waals surface area contributed by atoms with Gasteiger partial charge in [0.25, 0.3) is 0 Å². The molecule has 14 heavy (non-hydrogen) atoms. The molecule has 0 bridgehead atoms. The van der Waals surface area contributed by atoms with Crippen LogP contribution in [0.1, 0.15) is 11.4 Å². The summed E-state index contributed by atoms with van der Waals surface area (Å²) >= 11 is 5.20. The number of nitrogens with one attached hydrogen (secondary N) is 1. The van der Waals surface area contributed by atoms with Gasteiger partial charge in [0.05, 0.1) is 11.1 Å². The monoisotopic (exact) mass is 204 g/mol. The van der Waals surface area contributed by atoms with Crippen molar-refractivity contribution in [3.8, 4) is 5.88 Å². The molecule has 0 aliphatic rings. The maximum atomic E-state index is 9.07. The molecule has 1 heterocycles. The Morgan fingerprint density at radius 2 is 2.00 bits per heavy atom. The van der Waals surface area contributed by atoms with Crippen molar-refractivity contribution in [2.45, 2.75) is 0 Å². The number of nitrogens with zero attached hydrogens (tertiary/aromatic N) is 1. The van der Waals surface area contributed by atoms with Gasteiger partial charge in [-0.1, -0.05) is 42.5 Å². The first-order valence-electron chi connectivity index (χ1n) is 4.11. The van der Waals surface area contributed by atoms with Gasteiger partial charge in [0.2, 0.25) is 5.88 Å². The lowest BCUT2D eigenvalue weighted by Crippen LogP contribution is -2.01. The summed E-state index contributed by atoms with van der Waals surface area (Å²) in [7, 11) is 0. The van der Waals surface area contributed by atoms with Gasteiger partial charge in [0.15, 0.2) is 5.82 Å². The van der Waals surface area contributed by atoms with Crippen LogP contribution in [0, 0.1) is 0 Å². The molecule has 1 aromatic heterocycles. The summed E-state index contributed by atoms with van der Waals surface area (Å²) in [5.41, 5.74) is 0.914. The quantitative estimate of drug-likeness (QED) is 0.580. The maximum absolute atomic E-state index is 9.07. The third-order valence-corrected chi connectivity index (χ3v) is 2.24. The van der Waals surface area contributed by atoms with Crippen LogP contribution < -0.4 is 0 Å². The van der Waals surface area contributed by atoms with Gasteiger partial charge in [-0.15, -0.1) is 0 Å². The Balaban J connectivity index is 2.34. The minimum atomic E-state index is 0.0262. The first kappa shape index (κ1) is 8.90. The summed E-state index contributed by atoms with van der Waals surface area (Å²) in [5.74, 6) is 0.544. The Kier molecular flexibility index (Phi) is 2.28. The maximum Gasteiger partial charge on any atom is 0.208 e. The summed E-state index contributed by atoms with van der Waals surface area (Å²) in [6.07, 6.45) is 1.34. The molecule has 2 rings (SSSR count). The fourth-order valence-electron chi connectivity index (χ4n) is 1.15. The Morgan fingerprint density at radius 3 is 2.57 bits per heavy atom. The van der Waals surface area contributed by atoms with E-state index in [2.05, 4.69) is 9.97 Å². The van der Waals surface area contributed by atoms with Crippen molar-refractivity contribution in [1.29, 1.82) is 0 Å². The molecule has 0 aliphatic heterocycles. The third kappa shape index (κ3) is 1.65. The fraction of sp³-hybridized carbons (Fsp3) is 0. The van der Waals surface area contributed by atoms with Crippen molar-refractivity contribution in [2.75, 3.05) is 0 Å². The molecule has 70 valence electrons. The largest absolute Gasteiger partial charge is 0.493 e. The first-order chi connectivity index (χ1) is 6.77. The second-order valence-corrected chi connectivity index (χ2v) is 3.22. The number of H-pyrrole nitrogens is 1. The molecule has 0 atom stereocenters.